The molecule has 0 saturated carbocycles. The van der Waals surface area contributed by atoms with Crippen LogP contribution in [-0.4, -0.2) is 14.4 Å². The lowest BCUT2D eigenvalue weighted by atomic mass is 10.3. The van der Waals surface area contributed by atoms with Crippen molar-refractivity contribution >= 4 is 10.8 Å². The fourth-order valence-electron chi connectivity index (χ4n) is 0.973. The maximum absolute atomic E-state index is 10.8. The summed E-state index contributed by atoms with van der Waals surface area (Å²) < 4.78 is 10.8. The SMILES string of the molecule is O=[S@@]1Cc2cn[nH]c2C1. The Balaban J connectivity index is 2.49. The van der Waals surface area contributed by atoms with E-state index in [1.54, 1.807) is 6.20 Å². The topological polar surface area (TPSA) is 45.8 Å². The molecule has 48 valence electrons. The Bertz CT molecular complexity index is 233. The molecular weight excluding hydrogens is 136 g/mol. The predicted octanol–water partition coefficient (Wildman–Crippen LogP) is 0.172. The molecule has 0 aromatic carbocycles. The molecule has 1 N–H and O–H groups in total. The van der Waals surface area contributed by atoms with E-state index in [0.717, 1.165) is 11.3 Å². The summed E-state index contributed by atoms with van der Waals surface area (Å²) in [5.41, 5.74) is 2.17. The first-order valence-electron chi connectivity index (χ1n) is 2.72. The van der Waals surface area contributed by atoms with Gasteiger partial charge in [0.1, 0.15) is 0 Å². The first-order chi connectivity index (χ1) is 4.36. The molecule has 0 saturated heterocycles. The summed E-state index contributed by atoms with van der Waals surface area (Å²) in [6.07, 6.45) is 1.75. The van der Waals surface area contributed by atoms with Crippen molar-refractivity contribution in [2.24, 2.45) is 0 Å². The molecule has 9 heavy (non-hydrogen) atoms. The number of nitrogens with one attached hydrogen (secondary N) is 1. The summed E-state index contributed by atoms with van der Waals surface area (Å²) in [6, 6.07) is 0. The number of hydrogen-bond acceptors (Lipinski definition) is 2. The van der Waals surface area contributed by atoms with Crippen molar-refractivity contribution < 1.29 is 4.21 Å². The number of hydrogen-bond donors (Lipinski definition) is 1. The first kappa shape index (κ1) is 5.17. The Kier molecular flexibility index (Phi) is 0.958. The maximum Gasteiger partial charge on any atom is 0.0659 e. The van der Waals surface area contributed by atoms with E-state index in [1.807, 2.05) is 0 Å². The van der Waals surface area contributed by atoms with Crippen molar-refractivity contribution in [2.45, 2.75) is 11.5 Å². The van der Waals surface area contributed by atoms with Gasteiger partial charge < -0.3 is 0 Å². The van der Waals surface area contributed by atoms with Crippen LogP contribution in [0.3, 0.4) is 0 Å². The molecule has 0 spiro atoms. The average molecular weight is 142 g/mol. The lowest BCUT2D eigenvalue weighted by Gasteiger charge is -1.80. The van der Waals surface area contributed by atoms with E-state index in [0.29, 0.717) is 11.5 Å². The molecule has 0 amide bonds. The van der Waals surface area contributed by atoms with Crippen LogP contribution in [0, 0.1) is 0 Å². The van der Waals surface area contributed by atoms with Gasteiger partial charge in [-0.1, -0.05) is 0 Å². The Labute approximate surface area is 54.9 Å². The molecule has 1 aliphatic heterocycles. The summed E-state index contributed by atoms with van der Waals surface area (Å²) in [7, 11) is -0.659. The van der Waals surface area contributed by atoms with Crippen LogP contribution in [0.1, 0.15) is 11.3 Å². The van der Waals surface area contributed by atoms with E-state index in [-0.39, 0.29) is 0 Å². The van der Waals surface area contributed by atoms with E-state index in [4.69, 9.17) is 0 Å². The number of fused-ring (bicyclic) bond motifs is 1. The van der Waals surface area contributed by atoms with Gasteiger partial charge in [-0.25, -0.2) is 0 Å². The highest BCUT2D eigenvalue weighted by Gasteiger charge is 2.17. The van der Waals surface area contributed by atoms with Crippen LogP contribution in [0.25, 0.3) is 0 Å². The molecule has 1 aliphatic rings. The third kappa shape index (κ3) is 0.702. The van der Waals surface area contributed by atoms with E-state index in [2.05, 4.69) is 10.2 Å². The number of nitrogens with zero attached hydrogens (tertiary/aromatic N) is 1. The van der Waals surface area contributed by atoms with Crippen LogP contribution < -0.4 is 0 Å². The minimum absolute atomic E-state index is 0.659. The van der Waals surface area contributed by atoms with Crippen molar-refractivity contribution in [3.05, 3.63) is 17.5 Å². The second-order valence-electron chi connectivity index (χ2n) is 2.10. The quantitative estimate of drug-likeness (QED) is 0.561. The van der Waals surface area contributed by atoms with Crippen LogP contribution in [0.2, 0.25) is 0 Å². The zero-order valence-corrected chi connectivity index (χ0v) is 5.57. The average Bonchev–Trinajstić information content (AvgIpc) is 2.22. The van der Waals surface area contributed by atoms with Crippen molar-refractivity contribution in [2.75, 3.05) is 0 Å². The van der Waals surface area contributed by atoms with E-state index >= 15 is 0 Å². The zero-order chi connectivity index (χ0) is 6.27. The van der Waals surface area contributed by atoms with Gasteiger partial charge in [-0.05, 0) is 0 Å². The molecule has 2 heterocycles. The normalized spacial score (nSPS) is 24.2. The van der Waals surface area contributed by atoms with E-state index in [1.165, 1.54) is 0 Å². The van der Waals surface area contributed by atoms with Crippen molar-refractivity contribution in [1.82, 2.24) is 10.2 Å². The number of rotatable bonds is 0. The van der Waals surface area contributed by atoms with Crippen LogP contribution in [0.5, 0.6) is 0 Å². The number of aromatic amines is 1. The molecule has 3 nitrogen and oxygen atoms in total. The fraction of sp³-hybridized carbons (Fsp3) is 0.400. The Morgan fingerprint density at radius 1 is 1.67 bits per heavy atom. The second-order valence-corrected chi connectivity index (χ2v) is 3.56. The van der Waals surface area contributed by atoms with Crippen molar-refractivity contribution in [3.63, 3.8) is 0 Å². The molecule has 1 atom stereocenters. The van der Waals surface area contributed by atoms with Crippen LogP contribution in [0.4, 0.5) is 0 Å². The van der Waals surface area contributed by atoms with Crippen molar-refractivity contribution in [1.29, 1.82) is 0 Å². The fourth-order valence-corrected chi connectivity index (χ4v) is 2.24. The minimum Gasteiger partial charge on any atom is -0.281 e. The molecule has 0 fully saturated rings. The molecule has 1 aromatic heterocycles. The maximum atomic E-state index is 10.8. The third-order valence-electron chi connectivity index (χ3n) is 1.43. The van der Waals surface area contributed by atoms with Crippen LogP contribution in [0.15, 0.2) is 6.20 Å². The van der Waals surface area contributed by atoms with E-state index < -0.39 is 10.8 Å². The highest BCUT2D eigenvalue weighted by Crippen LogP contribution is 2.18. The predicted molar refractivity (Wildman–Crippen MR) is 34.1 cm³/mol. The van der Waals surface area contributed by atoms with Gasteiger partial charge in [-0.15, -0.1) is 0 Å². The lowest BCUT2D eigenvalue weighted by Crippen LogP contribution is -1.86. The highest BCUT2D eigenvalue weighted by atomic mass is 32.2. The Morgan fingerprint density at radius 2 is 2.56 bits per heavy atom. The Hall–Kier alpha value is -0.640. The highest BCUT2D eigenvalue weighted by molar-refractivity contribution is 7.83. The molecular formula is C5H6N2OS. The molecule has 0 radical (unpaired) electrons. The molecule has 2 rings (SSSR count). The van der Waals surface area contributed by atoms with Gasteiger partial charge >= 0.3 is 0 Å². The van der Waals surface area contributed by atoms with E-state index in [9.17, 15) is 4.21 Å². The lowest BCUT2D eigenvalue weighted by molar-refractivity contribution is 0.684. The van der Waals surface area contributed by atoms with Gasteiger partial charge in [0, 0.05) is 16.4 Å². The summed E-state index contributed by atoms with van der Waals surface area (Å²) in [6.45, 7) is 0. The largest absolute Gasteiger partial charge is 0.281 e. The minimum atomic E-state index is -0.659. The monoisotopic (exact) mass is 142 g/mol. The van der Waals surface area contributed by atoms with Gasteiger partial charge in [0.15, 0.2) is 0 Å². The van der Waals surface area contributed by atoms with Crippen LogP contribution in [-0.2, 0) is 22.3 Å². The molecule has 0 unspecified atom stereocenters. The van der Waals surface area contributed by atoms with Crippen molar-refractivity contribution in [3.8, 4) is 0 Å². The van der Waals surface area contributed by atoms with Gasteiger partial charge in [-0.2, -0.15) is 5.10 Å². The number of aromatic nitrogens is 2. The summed E-state index contributed by atoms with van der Waals surface area (Å²) in [5, 5.41) is 6.62. The third-order valence-corrected chi connectivity index (χ3v) is 2.67. The van der Waals surface area contributed by atoms with Gasteiger partial charge in [-0.3, -0.25) is 9.31 Å². The standard InChI is InChI=1S/C5H6N2OS/c8-9-2-4-1-6-7-5(4)3-9/h1H,2-3H2,(H,6,7)/t9-/m1/s1. The summed E-state index contributed by atoms with van der Waals surface area (Å²) in [5.74, 6) is 1.35. The Morgan fingerprint density at radius 3 is 3.33 bits per heavy atom. The van der Waals surface area contributed by atoms with Gasteiger partial charge in [0.05, 0.1) is 23.4 Å². The number of H-pyrrole nitrogens is 1. The second kappa shape index (κ2) is 1.67. The van der Waals surface area contributed by atoms with Gasteiger partial charge in [0.25, 0.3) is 0 Å². The molecule has 4 heteroatoms. The molecule has 1 aromatic rings. The zero-order valence-electron chi connectivity index (χ0n) is 4.76. The summed E-state index contributed by atoms with van der Waals surface area (Å²) in [4.78, 5) is 0. The van der Waals surface area contributed by atoms with Gasteiger partial charge in [0.2, 0.25) is 0 Å². The molecule has 0 bridgehead atoms. The molecule has 0 aliphatic carbocycles. The van der Waals surface area contributed by atoms with Crippen LogP contribution >= 0.6 is 0 Å². The summed E-state index contributed by atoms with van der Waals surface area (Å²) >= 11 is 0. The smallest absolute Gasteiger partial charge is 0.0659 e. The first-order valence-corrected chi connectivity index (χ1v) is 4.21.